The van der Waals surface area contributed by atoms with Crippen LogP contribution in [0.15, 0.2) is 23.1 Å². The molecule has 1 aliphatic carbocycles. The van der Waals surface area contributed by atoms with Gasteiger partial charge >= 0.3 is 0 Å². The van der Waals surface area contributed by atoms with Gasteiger partial charge in [0.15, 0.2) is 0 Å². The van der Waals surface area contributed by atoms with E-state index >= 15 is 0 Å². The molecule has 2 atom stereocenters. The van der Waals surface area contributed by atoms with Crippen molar-refractivity contribution in [3.63, 3.8) is 0 Å². The fourth-order valence-corrected chi connectivity index (χ4v) is 5.03. The first-order valence-electron chi connectivity index (χ1n) is 6.96. The number of nitrogen functional groups attached to an aromatic ring is 1. The number of sulfonamides is 1. The molecule has 0 amide bonds. The zero-order chi connectivity index (χ0) is 15.5. The van der Waals surface area contributed by atoms with E-state index in [1.54, 1.807) is 17.8 Å². The minimum atomic E-state index is -3.55. The number of hydrogen-bond donors (Lipinski definition) is 2. The lowest BCUT2D eigenvalue weighted by atomic mass is 9.96. The summed E-state index contributed by atoms with van der Waals surface area (Å²) in [5.74, 6) is 0.480. The zero-order valence-electron chi connectivity index (χ0n) is 12.3. The minimum Gasteiger partial charge on any atom is -0.495 e. The molecular weight excluding hydrogens is 308 g/mol. The Morgan fingerprint density at radius 3 is 2.67 bits per heavy atom. The molecule has 1 saturated carbocycles. The molecule has 5 nitrogen and oxygen atoms in total. The van der Waals surface area contributed by atoms with Crippen LogP contribution in [0.4, 0.5) is 5.69 Å². The van der Waals surface area contributed by atoms with Crippen LogP contribution < -0.4 is 15.2 Å². The number of nitrogens with one attached hydrogen (secondary N) is 1. The van der Waals surface area contributed by atoms with Crippen LogP contribution in [0.5, 0.6) is 5.75 Å². The Morgan fingerprint density at radius 2 is 2.05 bits per heavy atom. The van der Waals surface area contributed by atoms with Crippen molar-refractivity contribution in [2.24, 2.45) is 0 Å². The summed E-state index contributed by atoms with van der Waals surface area (Å²) >= 11 is 1.73. The summed E-state index contributed by atoms with van der Waals surface area (Å²) in [6, 6.07) is 4.53. The number of thioether (sulfide) groups is 1. The summed E-state index contributed by atoms with van der Waals surface area (Å²) in [6.45, 7) is 0. The molecule has 7 heteroatoms. The van der Waals surface area contributed by atoms with Crippen molar-refractivity contribution in [3.8, 4) is 5.75 Å². The Balaban J connectivity index is 2.19. The summed E-state index contributed by atoms with van der Waals surface area (Å²) in [6.07, 6.45) is 6.20. The lowest BCUT2D eigenvalue weighted by Gasteiger charge is -2.30. The molecule has 1 aromatic rings. The van der Waals surface area contributed by atoms with Crippen molar-refractivity contribution in [2.45, 2.75) is 41.9 Å². The van der Waals surface area contributed by atoms with Gasteiger partial charge in [-0.15, -0.1) is 0 Å². The highest BCUT2D eigenvalue weighted by Crippen LogP contribution is 2.29. The van der Waals surface area contributed by atoms with E-state index in [-0.39, 0.29) is 10.9 Å². The monoisotopic (exact) mass is 330 g/mol. The first kappa shape index (κ1) is 16.5. The molecule has 0 spiro atoms. The molecule has 21 heavy (non-hydrogen) atoms. The van der Waals surface area contributed by atoms with Crippen LogP contribution in [0, 0.1) is 0 Å². The summed E-state index contributed by atoms with van der Waals surface area (Å²) in [7, 11) is -2.05. The Morgan fingerprint density at radius 1 is 1.33 bits per heavy atom. The topological polar surface area (TPSA) is 81.4 Å². The maximum Gasteiger partial charge on any atom is 0.240 e. The third-order valence-electron chi connectivity index (χ3n) is 3.82. The quantitative estimate of drug-likeness (QED) is 0.809. The predicted octanol–water partition coefficient (Wildman–Crippen LogP) is 2.23. The van der Waals surface area contributed by atoms with Crippen molar-refractivity contribution in [1.82, 2.24) is 4.72 Å². The molecule has 1 aromatic carbocycles. The minimum absolute atomic E-state index is 0.0120. The third-order valence-corrected chi connectivity index (χ3v) is 6.48. The van der Waals surface area contributed by atoms with Gasteiger partial charge in [0.25, 0.3) is 0 Å². The normalized spacial score (nSPS) is 23.0. The van der Waals surface area contributed by atoms with Crippen LogP contribution in [0.1, 0.15) is 25.7 Å². The number of hydrogen-bond acceptors (Lipinski definition) is 5. The van der Waals surface area contributed by atoms with Crippen molar-refractivity contribution in [1.29, 1.82) is 0 Å². The Bertz CT molecular complexity index is 590. The third kappa shape index (κ3) is 3.84. The van der Waals surface area contributed by atoms with Crippen LogP contribution in [0.2, 0.25) is 0 Å². The average molecular weight is 330 g/mol. The van der Waals surface area contributed by atoms with Crippen LogP contribution in [-0.2, 0) is 10.0 Å². The SMILES string of the molecule is COc1ccc(S(=O)(=O)NC2CCCCC2SC)cc1N. The van der Waals surface area contributed by atoms with Crippen molar-refractivity contribution < 1.29 is 13.2 Å². The van der Waals surface area contributed by atoms with Crippen LogP contribution in [0.3, 0.4) is 0 Å². The number of methoxy groups -OCH3 is 1. The average Bonchev–Trinajstić information content (AvgIpc) is 2.47. The van der Waals surface area contributed by atoms with Crippen LogP contribution in [-0.4, -0.2) is 33.1 Å². The van der Waals surface area contributed by atoms with E-state index < -0.39 is 10.0 Å². The lowest BCUT2D eigenvalue weighted by Crippen LogP contribution is -2.43. The van der Waals surface area contributed by atoms with E-state index in [0.29, 0.717) is 16.7 Å². The highest BCUT2D eigenvalue weighted by atomic mass is 32.2. The first-order valence-corrected chi connectivity index (χ1v) is 9.73. The first-order chi connectivity index (χ1) is 9.97. The van der Waals surface area contributed by atoms with Gasteiger partial charge in [-0.1, -0.05) is 12.8 Å². The van der Waals surface area contributed by atoms with E-state index in [1.165, 1.54) is 25.7 Å². The number of benzene rings is 1. The molecule has 118 valence electrons. The predicted molar refractivity (Wildman–Crippen MR) is 87.3 cm³/mol. The van der Waals surface area contributed by atoms with E-state index in [9.17, 15) is 8.42 Å². The van der Waals surface area contributed by atoms with E-state index in [0.717, 1.165) is 19.3 Å². The van der Waals surface area contributed by atoms with E-state index in [2.05, 4.69) is 4.72 Å². The number of rotatable bonds is 5. The van der Waals surface area contributed by atoms with Gasteiger partial charge in [-0.25, -0.2) is 13.1 Å². The fourth-order valence-electron chi connectivity index (χ4n) is 2.66. The molecule has 2 rings (SSSR count). The second kappa shape index (κ2) is 6.89. The molecular formula is C14H22N2O3S2. The molecule has 0 aromatic heterocycles. The van der Waals surface area contributed by atoms with Gasteiger partial charge in [0.2, 0.25) is 10.0 Å². The summed E-state index contributed by atoms with van der Waals surface area (Å²) in [5, 5.41) is 0.337. The molecule has 1 aliphatic rings. The number of ether oxygens (including phenoxy) is 1. The van der Waals surface area contributed by atoms with E-state index in [4.69, 9.17) is 10.5 Å². The maximum atomic E-state index is 12.5. The van der Waals surface area contributed by atoms with Gasteiger partial charge in [-0.05, 0) is 37.3 Å². The van der Waals surface area contributed by atoms with Crippen LogP contribution in [0.25, 0.3) is 0 Å². The Hall–Kier alpha value is -0.920. The maximum absolute atomic E-state index is 12.5. The van der Waals surface area contributed by atoms with Crippen molar-refractivity contribution in [2.75, 3.05) is 19.1 Å². The van der Waals surface area contributed by atoms with Gasteiger partial charge < -0.3 is 10.5 Å². The van der Waals surface area contributed by atoms with Gasteiger partial charge in [-0.3, -0.25) is 0 Å². The molecule has 2 unspecified atom stereocenters. The van der Waals surface area contributed by atoms with Gasteiger partial charge in [0.05, 0.1) is 17.7 Å². The molecule has 0 aliphatic heterocycles. The molecule has 0 saturated heterocycles. The molecule has 1 fully saturated rings. The molecule has 0 radical (unpaired) electrons. The second-order valence-corrected chi connectivity index (χ2v) is 7.98. The molecule has 0 bridgehead atoms. The zero-order valence-corrected chi connectivity index (χ0v) is 14.0. The van der Waals surface area contributed by atoms with Crippen LogP contribution >= 0.6 is 11.8 Å². The number of nitrogens with two attached hydrogens (primary N) is 1. The molecule has 3 N–H and O–H groups in total. The van der Waals surface area contributed by atoms with Gasteiger partial charge in [0.1, 0.15) is 5.75 Å². The smallest absolute Gasteiger partial charge is 0.240 e. The lowest BCUT2D eigenvalue weighted by molar-refractivity contribution is 0.416. The van der Waals surface area contributed by atoms with Crippen molar-refractivity contribution >= 4 is 27.5 Å². The Labute approximate surface area is 130 Å². The van der Waals surface area contributed by atoms with E-state index in [1.807, 2.05) is 6.26 Å². The Kier molecular flexibility index (Phi) is 5.40. The van der Waals surface area contributed by atoms with Gasteiger partial charge in [-0.2, -0.15) is 11.8 Å². The standard InChI is InChI=1S/C14H22N2O3S2/c1-19-13-8-7-10(9-11(13)15)21(17,18)16-12-5-3-4-6-14(12)20-2/h7-9,12,14,16H,3-6,15H2,1-2H3. The summed E-state index contributed by atoms with van der Waals surface area (Å²) < 4.78 is 32.9. The second-order valence-electron chi connectivity index (χ2n) is 5.19. The number of anilines is 1. The fraction of sp³-hybridized carbons (Fsp3) is 0.571. The summed E-state index contributed by atoms with van der Waals surface area (Å²) in [5.41, 5.74) is 6.12. The largest absolute Gasteiger partial charge is 0.495 e. The summed E-state index contributed by atoms with van der Waals surface area (Å²) in [4.78, 5) is 0.186. The molecule has 0 heterocycles. The highest BCUT2D eigenvalue weighted by molar-refractivity contribution is 7.99. The highest BCUT2D eigenvalue weighted by Gasteiger charge is 2.29. The van der Waals surface area contributed by atoms with Crippen molar-refractivity contribution in [3.05, 3.63) is 18.2 Å². The van der Waals surface area contributed by atoms with Gasteiger partial charge in [0, 0.05) is 11.3 Å².